The van der Waals surface area contributed by atoms with Gasteiger partial charge >= 0.3 is 15.1 Å². The van der Waals surface area contributed by atoms with Gasteiger partial charge in [0.15, 0.2) is 5.78 Å². The van der Waals surface area contributed by atoms with E-state index in [4.69, 9.17) is 9.47 Å². The third-order valence-corrected chi connectivity index (χ3v) is 8.91. The molecule has 0 saturated carbocycles. The lowest BCUT2D eigenvalue weighted by Crippen LogP contribution is -2.58. The molecule has 0 fully saturated rings. The van der Waals surface area contributed by atoms with E-state index in [2.05, 4.69) is 16.0 Å². The van der Waals surface area contributed by atoms with Crippen LogP contribution in [0.1, 0.15) is 129 Å². The van der Waals surface area contributed by atoms with E-state index in [0.717, 1.165) is 0 Å². The fraction of sp³-hybridized carbons (Fsp3) is 0.912. The third kappa shape index (κ3) is 15.2. The predicted molar refractivity (Wildman–Crippen MR) is 186 cm³/mol. The summed E-state index contributed by atoms with van der Waals surface area (Å²) in [5.74, 6) is -0.603. The van der Waals surface area contributed by atoms with Gasteiger partial charge in [0.25, 0.3) is 0 Å². The van der Waals surface area contributed by atoms with Crippen LogP contribution < -0.4 is 16.0 Å². The van der Waals surface area contributed by atoms with Crippen molar-refractivity contribution in [2.75, 3.05) is 26.3 Å². The Hall–Kier alpha value is -1.36. The second kappa shape index (κ2) is 18.4. The first kappa shape index (κ1) is 44.6. The topological polar surface area (TPSA) is 106 Å². The van der Waals surface area contributed by atoms with E-state index >= 15 is 0 Å². The van der Waals surface area contributed by atoms with Gasteiger partial charge in [0, 0.05) is 36.4 Å². The molecule has 0 aliphatic carbocycles. The largest absolute Gasteiger partial charge is 0.379 e. The Morgan fingerprint density at radius 2 is 1.30 bits per heavy atom. The number of Topliss-reactive ketones (excluding diaryl/α,β-unsaturated/α-hetero) is 2. The Kier molecular flexibility index (Phi) is 17.9. The highest BCUT2D eigenvalue weighted by atomic mass is 19.1. The van der Waals surface area contributed by atoms with Crippen molar-refractivity contribution in [3.8, 4) is 0 Å². The van der Waals surface area contributed by atoms with E-state index in [1.807, 2.05) is 83.1 Å². The maximum Gasteiger partial charge on any atom is 0.360 e. The lowest BCUT2D eigenvalue weighted by molar-refractivity contribution is -0.136. The van der Waals surface area contributed by atoms with Crippen molar-refractivity contribution in [3.05, 3.63) is 0 Å². The number of rotatable bonds is 25. The van der Waals surface area contributed by atoms with Crippen molar-refractivity contribution in [2.24, 2.45) is 10.8 Å². The summed E-state index contributed by atoms with van der Waals surface area (Å²) in [4.78, 5) is 39.4. The summed E-state index contributed by atoms with van der Waals surface area (Å²) in [5, 5.41) is 9.77. The lowest BCUT2D eigenvalue weighted by Gasteiger charge is -2.42. The molecule has 0 aromatic carbocycles. The molecule has 0 aromatic heterocycles. The minimum atomic E-state index is -1.52. The number of amides is 1. The molecule has 0 aliphatic heterocycles. The van der Waals surface area contributed by atoms with Gasteiger partial charge in [-0.1, -0.05) is 41.5 Å². The lowest BCUT2D eigenvalue weighted by atomic mass is 9.58. The minimum Gasteiger partial charge on any atom is -0.379 e. The molecular weight excluding hydrogens is 590 g/mol. The Labute approximate surface area is 281 Å². The summed E-state index contributed by atoms with van der Waals surface area (Å²) in [6, 6.07) is 0. The van der Waals surface area contributed by atoms with E-state index in [1.54, 1.807) is 13.8 Å². The van der Waals surface area contributed by atoms with Crippen LogP contribution in [0, 0.1) is 10.8 Å². The van der Waals surface area contributed by atoms with Crippen molar-refractivity contribution in [1.82, 2.24) is 16.0 Å². The van der Waals surface area contributed by atoms with E-state index in [-0.39, 0.29) is 51.5 Å². The molecule has 2 unspecified atom stereocenters. The van der Waals surface area contributed by atoms with E-state index in [9.17, 15) is 23.0 Å². The number of carbonyl (C=O) groups is 3. The van der Waals surface area contributed by atoms with Gasteiger partial charge in [-0.2, -0.15) is 0 Å². The van der Waals surface area contributed by atoms with Crippen LogP contribution in [0.15, 0.2) is 0 Å². The number of ketones is 2. The average molecular weight is 656 g/mol. The zero-order valence-electron chi connectivity index (χ0n) is 31.5. The van der Waals surface area contributed by atoms with Crippen LogP contribution in [0.3, 0.4) is 0 Å². The Morgan fingerprint density at radius 1 is 0.783 bits per heavy atom. The SMILES string of the molecule is CCC(C)(NCC(C)(C)CC(C)(C)C(=O)C(C)(CC)NCC(C)(C)OCCC(=O)NC(C)(C)CCOC(C)C)C(=O)C([B]F)[B]F. The van der Waals surface area contributed by atoms with Crippen LogP contribution in [0.5, 0.6) is 0 Å². The van der Waals surface area contributed by atoms with Crippen LogP contribution in [-0.2, 0) is 23.9 Å². The van der Waals surface area contributed by atoms with E-state index in [1.165, 1.54) is 0 Å². The predicted octanol–water partition coefficient (Wildman–Crippen LogP) is 5.90. The molecular formula is C34H65B2F2N3O5. The summed E-state index contributed by atoms with van der Waals surface area (Å²) in [7, 11) is 0.139. The summed E-state index contributed by atoms with van der Waals surface area (Å²) < 4.78 is 38.0. The molecule has 8 nitrogen and oxygen atoms in total. The van der Waals surface area contributed by atoms with Gasteiger partial charge in [0.05, 0.1) is 35.8 Å². The van der Waals surface area contributed by atoms with Crippen LogP contribution >= 0.6 is 0 Å². The molecule has 0 spiro atoms. The van der Waals surface area contributed by atoms with E-state index < -0.39 is 39.0 Å². The van der Waals surface area contributed by atoms with Gasteiger partial charge in [-0.3, -0.25) is 14.4 Å². The van der Waals surface area contributed by atoms with E-state index in [0.29, 0.717) is 45.4 Å². The summed E-state index contributed by atoms with van der Waals surface area (Å²) in [6.45, 7) is 28.6. The van der Waals surface area contributed by atoms with Crippen molar-refractivity contribution in [3.63, 3.8) is 0 Å². The molecule has 0 saturated heterocycles. The number of hydrogen-bond acceptors (Lipinski definition) is 7. The standard InChI is InChI=1S/C34H65B2F2N3O5/c1-15-33(13,26(43)27(35-37)36-38)39-22-29(5,6)21-30(7,8)28(44)34(14,16-2)40-23-32(11,12)46-19-17-25(42)41-31(9,10)18-20-45-24(3)4/h24,27,39-40H,15-23H2,1-14H3,(H,41,42). The number of hydrogen-bond donors (Lipinski definition) is 3. The molecule has 0 aromatic rings. The second-order valence-corrected chi connectivity index (χ2v) is 16.2. The third-order valence-electron chi connectivity index (χ3n) is 8.91. The first-order valence-corrected chi connectivity index (χ1v) is 16.9. The maximum atomic E-state index is 14.1. The molecule has 2 radical (unpaired) electrons. The monoisotopic (exact) mass is 656 g/mol. The number of halogens is 2. The second-order valence-electron chi connectivity index (χ2n) is 16.2. The van der Waals surface area contributed by atoms with Crippen molar-refractivity contribution in [1.29, 1.82) is 0 Å². The number of carbonyl (C=O) groups excluding carboxylic acids is 3. The molecule has 1 amide bonds. The van der Waals surface area contributed by atoms with Gasteiger partial charge in [0.1, 0.15) is 5.78 Å². The number of ether oxygens (including phenoxy) is 2. The smallest absolute Gasteiger partial charge is 0.360 e. The quantitative estimate of drug-likeness (QED) is 0.105. The maximum absolute atomic E-state index is 14.1. The number of nitrogens with one attached hydrogen (secondary N) is 3. The van der Waals surface area contributed by atoms with Gasteiger partial charge < -0.3 is 34.1 Å². The summed E-state index contributed by atoms with van der Waals surface area (Å²) >= 11 is 0. The molecule has 3 N–H and O–H groups in total. The molecule has 46 heavy (non-hydrogen) atoms. The van der Waals surface area contributed by atoms with Gasteiger partial charge in [-0.15, -0.1) is 0 Å². The van der Waals surface area contributed by atoms with Gasteiger partial charge in [-0.05, 0) is 86.5 Å². The van der Waals surface area contributed by atoms with Gasteiger partial charge in [0.2, 0.25) is 5.91 Å². The first-order chi connectivity index (χ1) is 20.8. The highest BCUT2D eigenvalue weighted by Gasteiger charge is 2.45. The Bertz CT molecular complexity index is 976. The molecule has 2 atom stereocenters. The minimum absolute atomic E-state index is 0.0582. The highest BCUT2D eigenvalue weighted by molar-refractivity contribution is 6.59. The molecule has 0 rings (SSSR count). The van der Waals surface area contributed by atoms with Gasteiger partial charge in [-0.25, -0.2) is 0 Å². The molecule has 266 valence electrons. The summed E-state index contributed by atoms with van der Waals surface area (Å²) in [6.07, 6.45) is 2.50. The summed E-state index contributed by atoms with van der Waals surface area (Å²) in [5.41, 5.74) is -5.64. The molecule has 0 aliphatic rings. The fourth-order valence-corrected chi connectivity index (χ4v) is 5.71. The Morgan fingerprint density at radius 3 is 1.78 bits per heavy atom. The highest BCUT2D eigenvalue weighted by Crippen LogP contribution is 2.38. The normalized spacial score (nSPS) is 15.8. The van der Waals surface area contributed by atoms with Crippen LogP contribution in [0.4, 0.5) is 8.63 Å². The zero-order chi connectivity index (χ0) is 36.2. The molecule has 0 heterocycles. The van der Waals surface area contributed by atoms with Crippen LogP contribution in [0.25, 0.3) is 0 Å². The van der Waals surface area contributed by atoms with Crippen molar-refractivity contribution < 1.29 is 32.5 Å². The first-order valence-electron chi connectivity index (χ1n) is 16.9. The van der Waals surface area contributed by atoms with Crippen molar-refractivity contribution in [2.45, 2.75) is 163 Å². The molecule has 0 bridgehead atoms. The Balaban J connectivity index is 5.24. The van der Waals surface area contributed by atoms with Crippen molar-refractivity contribution >= 4 is 32.6 Å². The average Bonchev–Trinajstić information content (AvgIpc) is 2.93. The fourth-order valence-electron chi connectivity index (χ4n) is 5.71. The van der Waals surface area contributed by atoms with Crippen LogP contribution in [0.2, 0.25) is 5.72 Å². The molecule has 12 heteroatoms. The zero-order valence-corrected chi connectivity index (χ0v) is 31.5. The van der Waals surface area contributed by atoms with Crippen LogP contribution in [-0.4, -0.2) is 87.2 Å².